The molecule has 0 spiro atoms. The number of para-hydroxylation sites is 1. The van der Waals surface area contributed by atoms with E-state index in [0.717, 1.165) is 12.8 Å². The number of carbonyl (C=O) groups excluding carboxylic acids is 1. The largest absolute Gasteiger partial charge is 0.378 e. The van der Waals surface area contributed by atoms with Gasteiger partial charge in [-0.2, -0.15) is 5.26 Å². The fourth-order valence-electron chi connectivity index (χ4n) is 2.45. The monoisotopic (exact) mass is 272 g/mol. The Morgan fingerprint density at radius 3 is 2.80 bits per heavy atom. The van der Waals surface area contributed by atoms with Crippen LogP contribution in [0.3, 0.4) is 0 Å². The molecule has 2 rings (SSSR count). The second kappa shape index (κ2) is 7.66. The van der Waals surface area contributed by atoms with E-state index in [0.29, 0.717) is 30.4 Å². The third-order valence-electron chi connectivity index (χ3n) is 3.56. The Morgan fingerprint density at radius 2 is 2.05 bits per heavy atom. The lowest BCUT2D eigenvalue weighted by Crippen LogP contribution is -2.20. The lowest BCUT2D eigenvalue weighted by Gasteiger charge is -2.21. The summed E-state index contributed by atoms with van der Waals surface area (Å²) >= 11 is 0. The number of nitrogens with zero attached hydrogens (tertiary/aromatic N) is 1. The average Bonchev–Trinajstić information content (AvgIpc) is 2.49. The van der Waals surface area contributed by atoms with Gasteiger partial charge in [-0.25, -0.2) is 0 Å². The molecule has 20 heavy (non-hydrogen) atoms. The Morgan fingerprint density at radius 1 is 1.30 bits per heavy atom. The van der Waals surface area contributed by atoms with E-state index in [-0.39, 0.29) is 5.91 Å². The van der Waals surface area contributed by atoms with Crippen molar-refractivity contribution in [3.05, 3.63) is 29.8 Å². The quantitative estimate of drug-likeness (QED) is 0.895. The summed E-state index contributed by atoms with van der Waals surface area (Å²) in [6, 6.07) is 9.06. The number of hydrogen-bond donors (Lipinski definition) is 1. The molecule has 4 heteroatoms. The molecule has 0 aliphatic heterocycles. The predicted octanol–water partition coefficient (Wildman–Crippen LogP) is 3.24. The van der Waals surface area contributed by atoms with Gasteiger partial charge in [-0.05, 0) is 25.0 Å². The van der Waals surface area contributed by atoms with Crippen LogP contribution in [0.5, 0.6) is 0 Å². The van der Waals surface area contributed by atoms with Gasteiger partial charge < -0.3 is 10.1 Å². The van der Waals surface area contributed by atoms with Gasteiger partial charge in [-0.1, -0.05) is 31.4 Å². The molecule has 1 aliphatic rings. The summed E-state index contributed by atoms with van der Waals surface area (Å²) in [6.07, 6.45) is 6.63. The van der Waals surface area contributed by atoms with E-state index in [2.05, 4.69) is 11.4 Å². The van der Waals surface area contributed by atoms with Gasteiger partial charge >= 0.3 is 0 Å². The van der Waals surface area contributed by atoms with E-state index in [9.17, 15) is 4.79 Å². The summed E-state index contributed by atoms with van der Waals surface area (Å²) in [7, 11) is 0. The lowest BCUT2D eigenvalue weighted by atomic mass is 9.98. The van der Waals surface area contributed by atoms with Crippen molar-refractivity contribution < 1.29 is 9.53 Å². The fraction of sp³-hybridized carbons (Fsp3) is 0.500. The Hall–Kier alpha value is -1.86. The van der Waals surface area contributed by atoms with Crippen LogP contribution in [0.15, 0.2) is 24.3 Å². The molecule has 0 unspecified atom stereocenters. The molecule has 0 aromatic heterocycles. The molecule has 0 saturated heterocycles. The highest BCUT2D eigenvalue weighted by Crippen LogP contribution is 2.20. The molecule has 1 aliphatic carbocycles. The number of carbonyl (C=O) groups is 1. The first-order valence-corrected chi connectivity index (χ1v) is 7.20. The molecule has 4 nitrogen and oxygen atoms in total. The van der Waals surface area contributed by atoms with Gasteiger partial charge in [0.2, 0.25) is 5.91 Å². The van der Waals surface area contributed by atoms with Crippen molar-refractivity contribution in [3.8, 4) is 6.07 Å². The van der Waals surface area contributed by atoms with Crippen molar-refractivity contribution in [2.24, 2.45) is 0 Å². The molecule has 1 fully saturated rings. The van der Waals surface area contributed by atoms with Gasteiger partial charge in [0, 0.05) is 0 Å². The summed E-state index contributed by atoms with van der Waals surface area (Å²) < 4.78 is 5.72. The third-order valence-corrected chi connectivity index (χ3v) is 3.56. The molecule has 1 saturated carbocycles. The molecule has 1 aromatic rings. The van der Waals surface area contributed by atoms with E-state index in [1.54, 1.807) is 24.3 Å². The van der Waals surface area contributed by atoms with Crippen molar-refractivity contribution in [1.29, 1.82) is 5.26 Å². The maximum absolute atomic E-state index is 11.8. The summed E-state index contributed by atoms with van der Waals surface area (Å²) in [4.78, 5) is 11.8. The zero-order chi connectivity index (χ0) is 14.2. The highest BCUT2D eigenvalue weighted by Gasteiger charge is 2.14. The second-order valence-electron chi connectivity index (χ2n) is 5.09. The molecule has 0 bridgehead atoms. The minimum Gasteiger partial charge on any atom is -0.378 e. The molecule has 0 radical (unpaired) electrons. The molecule has 1 N–H and O–H groups in total. The highest BCUT2D eigenvalue weighted by molar-refractivity contribution is 5.92. The molecule has 0 atom stereocenters. The van der Waals surface area contributed by atoms with Crippen LogP contribution in [0.4, 0.5) is 5.69 Å². The van der Waals surface area contributed by atoms with Crippen LogP contribution in [0.2, 0.25) is 0 Å². The number of benzene rings is 1. The maximum Gasteiger partial charge on any atom is 0.226 e. The maximum atomic E-state index is 11.8. The van der Waals surface area contributed by atoms with Crippen LogP contribution in [0.1, 0.15) is 44.1 Å². The first-order valence-electron chi connectivity index (χ1n) is 7.20. The van der Waals surface area contributed by atoms with Crippen molar-refractivity contribution in [1.82, 2.24) is 0 Å². The van der Waals surface area contributed by atoms with Crippen molar-refractivity contribution >= 4 is 11.6 Å². The summed E-state index contributed by atoms with van der Waals surface area (Å²) in [5.74, 6) is -0.108. The summed E-state index contributed by atoms with van der Waals surface area (Å²) in [5.41, 5.74) is 1.05. The van der Waals surface area contributed by atoms with Gasteiger partial charge in [0.1, 0.15) is 6.07 Å². The van der Waals surface area contributed by atoms with Crippen molar-refractivity contribution in [3.63, 3.8) is 0 Å². The molecule has 1 aromatic carbocycles. The van der Waals surface area contributed by atoms with E-state index in [1.807, 2.05) is 0 Å². The van der Waals surface area contributed by atoms with E-state index in [1.165, 1.54) is 19.3 Å². The van der Waals surface area contributed by atoms with Crippen LogP contribution in [0.25, 0.3) is 0 Å². The number of rotatable bonds is 5. The Kier molecular flexibility index (Phi) is 5.57. The number of nitrogens with one attached hydrogen (secondary N) is 1. The smallest absolute Gasteiger partial charge is 0.226 e. The normalized spacial score (nSPS) is 15.6. The van der Waals surface area contributed by atoms with Crippen LogP contribution in [-0.2, 0) is 9.53 Å². The topological polar surface area (TPSA) is 62.1 Å². The zero-order valence-electron chi connectivity index (χ0n) is 11.6. The van der Waals surface area contributed by atoms with Gasteiger partial charge in [-0.15, -0.1) is 0 Å². The minimum atomic E-state index is -0.108. The van der Waals surface area contributed by atoms with Crippen LogP contribution >= 0.6 is 0 Å². The van der Waals surface area contributed by atoms with E-state index >= 15 is 0 Å². The molecule has 106 valence electrons. The number of ether oxygens (including phenoxy) is 1. The van der Waals surface area contributed by atoms with Crippen LogP contribution < -0.4 is 5.32 Å². The van der Waals surface area contributed by atoms with E-state index < -0.39 is 0 Å². The van der Waals surface area contributed by atoms with Gasteiger partial charge in [0.25, 0.3) is 0 Å². The third kappa shape index (κ3) is 4.36. The van der Waals surface area contributed by atoms with Gasteiger partial charge in [0.15, 0.2) is 0 Å². The molecular formula is C16H20N2O2. The Balaban J connectivity index is 1.73. The standard InChI is InChI=1S/C16H20N2O2/c17-12-13-6-4-5-9-15(13)18-16(19)10-11-20-14-7-2-1-3-8-14/h4-6,9,14H,1-3,7-8,10-11H2,(H,18,19). The molecule has 0 heterocycles. The number of nitriles is 1. The number of hydrogen-bond acceptors (Lipinski definition) is 3. The lowest BCUT2D eigenvalue weighted by molar-refractivity contribution is -0.117. The number of amides is 1. The second-order valence-corrected chi connectivity index (χ2v) is 5.09. The zero-order valence-corrected chi connectivity index (χ0v) is 11.6. The highest BCUT2D eigenvalue weighted by atomic mass is 16.5. The molecular weight excluding hydrogens is 252 g/mol. The van der Waals surface area contributed by atoms with Gasteiger partial charge in [0.05, 0.1) is 30.4 Å². The van der Waals surface area contributed by atoms with Crippen LogP contribution in [-0.4, -0.2) is 18.6 Å². The van der Waals surface area contributed by atoms with Crippen LogP contribution in [0, 0.1) is 11.3 Å². The first kappa shape index (κ1) is 14.5. The average molecular weight is 272 g/mol. The Bertz CT molecular complexity index is 487. The summed E-state index contributed by atoms with van der Waals surface area (Å²) in [5, 5.41) is 11.7. The summed E-state index contributed by atoms with van der Waals surface area (Å²) in [6.45, 7) is 0.450. The first-order chi connectivity index (χ1) is 9.79. The van der Waals surface area contributed by atoms with Gasteiger partial charge in [-0.3, -0.25) is 4.79 Å². The van der Waals surface area contributed by atoms with E-state index in [4.69, 9.17) is 10.00 Å². The SMILES string of the molecule is N#Cc1ccccc1NC(=O)CCOC1CCCCC1. The fourth-order valence-corrected chi connectivity index (χ4v) is 2.45. The molecule has 1 amide bonds. The predicted molar refractivity (Wildman–Crippen MR) is 77.2 cm³/mol. The minimum absolute atomic E-state index is 0.108. The Labute approximate surface area is 119 Å². The number of anilines is 1. The van der Waals surface area contributed by atoms with Crippen molar-refractivity contribution in [2.75, 3.05) is 11.9 Å². The van der Waals surface area contributed by atoms with Crippen molar-refractivity contribution in [2.45, 2.75) is 44.6 Å².